The lowest BCUT2D eigenvalue weighted by atomic mass is 9.90. The molecule has 0 radical (unpaired) electrons. The molecule has 2 heterocycles. The van der Waals surface area contributed by atoms with Crippen LogP contribution in [0.3, 0.4) is 0 Å². The Morgan fingerprint density at radius 2 is 2.05 bits per heavy atom. The number of piperidine rings is 1. The summed E-state index contributed by atoms with van der Waals surface area (Å²) in [4.78, 5) is 13.6. The monoisotopic (exact) mass is 304 g/mol. The summed E-state index contributed by atoms with van der Waals surface area (Å²) >= 11 is 1.08. The Morgan fingerprint density at radius 3 is 2.55 bits per heavy atom. The number of halogens is 3. The van der Waals surface area contributed by atoms with Crippen LogP contribution >= 0.6 is 11.3 Å². The fourth-order valence-electron chi connectivity index (χ4n) is 2.07. The van der Waals surface area contributed by atoms with Crippen LogP contribution in [0.2, 0.25) is 0 Å². The van der Waals surface area contributed by atoms with Gasteiger partial charge in [-0.15, -0.1) is 11.3 Å². The van der Waals surface area contributed by atoms with Gasteiger partial charge in [0.1, 0.15) is 10.9 Å². The smallest absolute Gasteiger partial charge is 0.380 e. The standard InChI is InChI=1S/C12H11F3N2O2S/c13-12(14,15)11(19)2-4-17(5-3-11)10(18)9-8(7-16)1-6-20-9/h1,6,19H,2-5H2. The molecule has 1 fully saturated rings. The Balaban J connectivity index is 2.09. The largest absolute Gasteiger partial charge is 0.417 e. The molecule has 1 amide bonds. The average molecular weight is 304 g/mol. The Labute approximate surface area is 117 Å². The van der Waals surface area contributed by atoms with Gasteiger partial charge in [0.25, 0.3) is 5.91 Å². The van der Waals surface area contributed by atoms with Crippen molar-refractivity contribution in [2.45, 2.75) is 24.6 Å². The van der Waals surface area contributed by atoms with Gasteiger partial charge in [-0.3, -0.25) is 4.79 Å². The van der Waals surface area contributed by atoms with Crippen molar-refractivity contribution >= 4 is 17.2 Å². The number of hydrogen-bond acceptors (Lipinski definition) is 4. The molecule has 0 aliphatic carbocycles. The number of nitriles is 1. The summed E-state index contributed by atoms with van der Waals surface area (Å²) in [5.41, 5.74) is -2.51. The third kappa shape index (κ3) is 2.51. The zero-order chi connectivity index (χ0) is 15.0. The molecule has 0 atom stereocenters. The van der Waals surface area contributed by atoms with Crippen molar-refractivity contribution in [2.24, 2.45) is 0 Å². The molecule has 20 heavy (non-hydrogen) atoms. The van der Waals surface area contributed by atoms with Crippen LogP contribution in [0.1, 0.15) is 28.1 Å². The van der Waals surface area contributed by atoms with Gasteiger partial charge in [-0.2, -0.15) is 18.4 Å². The number of hydrogen-bond donors (Lipinski definition) is 1. The van der Waals surface area contributed by atoms with E-state index in [0.29, 0.717) is 0 Å². The molecule has 1 aliphatic rings. The third-order valence-corrected chi connectivity index (χ3v) is 4.29. The van der Waals surface area contributed by atoms with Crippen molar-refractivity contribution < 1.29 is 23.1 Å². The van der Waals surface area contributed by atoms with Gasteiger partial charge < -0.3 is 10.0 Å². The van der Waals surface area contributed by atoms with E-state index in [1.54, 1.807) is 5.38 Å². The van der Waals surface area contributed by atoms with Crippen LogP contribution in [0.15, 0.2) is 11.4 Å². The van der Waals surface area contributed by atoms with Gasteiger partial charge in [-0.05, 0) is 11.4 Å². The van der Waals surface area contributed by atoms with E-state index in [0.717, 1.165) is 11.3 Å². The number of amides is 1. The lowest BCUT2D eigenvalue weighted by Crippen LogP contribution is -2.54. The summed E-state index contributed by atoms with van der Waals surface area (Å²) in [5, 5.41) is 20.0. The van der Waals surface area contributed by atoms with Gasteiger partial charge in [0.15, 0.2) is 5.60 Å². The Bertz CT molecular complexity index is 554. The molecule has 1 N–H and O–H groups in total. The van der Waals surface area contributed by atoms with Crippen molar-refractivity contribution in [3.8, 4) is 6.07 Å². The first-order valence-corrected chi connectivity index (χ1v) is 6.72. The second kappa shape index (κ2) is 5.07. The summed E-state index contributed by atoms with van der Waals surface area (Å²) < 4.78 is 38.0. The molecule has 108 valence electrons. The van der Waals surface area contributed by atoms with E-state index in [2.05, 4.69) is 0 Å². The number of aliphatic hydroxyl groups is 1. The maximum Gasteiger partial charge on any atom is 0.417 e. The molecule has 0 unspecified atom stereocenters. The third-order valence-electron chi connectivity index (χ3n) is 3.39. The van der Waals surface area contributed by atoms with Crippen molar-refractivity contribution in [1.82, 2.24) is 4.90 Å². The molecule has 0 bridgehead atoms. The molecule has 4 nitrogen and oxygen atoms in total. The summed E-state index contributed by atoms with van der Waals surface area (Å²) in [7, 11) is 0. The minimum absolute atomic E-state index is 0.183. The molecule has 1 saturated heterocycles. The van der Waals surface area contributed by atoms with Gasteiger partial charge in [-0.1, -0.05) is 0 Å². The Hall–Kier alpha value is -1.59. The number of nitrogens with zero attached hydrogens (tertiary/aromatic N) is 2. The highest BCUT2D eigenvalue weighted by molar-refractivity contribution is 7.12. The highest BCUT2D eigenvalue weighted by Gasteiger charge is 2.55. The molecule has 0 saturated carbocycles. The molecule has 1 aromatic heterocycles. The van der Waals surface area contributed by atoms with Crippen LogP contribution < -0.4 is 0 Å². The highest BCUT2D eigenvalue weighted by Crippen LogP contribution is 2.38. The first-order chi connectivity index (χ1) is 9.28. The SMILES string of the molecule is N#Cc1ccsc1C(=O)N1CCC(O)(C(F)(F)F)CC1. The van der Waals surface area contributed by atoms with Crippen LogP contribution in [0.5, 0.6) is 0 Å². The lowest BCUT2D eigenvalue weighted by Gasteiger charge is -2.38. The Morgan fingerprint density at radius 1 is 1.45 bits per heavy atom. The van der Waals surface area contributed by atoms with Crippen LogP contribution in [-0.4, -0.2) is 40.8 Å². The average Bonchev–Trinajstić information content (AvgIpc) is 2.85. The van der Waals surface area contributed by atoms with E-state index in [1.165, 1.54) is 11.0 Å². The van der Waals surface area contributed by atoms with Crippen LogP contribution in [0.4, 0.5) is 13.2 Å². The second-order valence-corrected chi connectivity index (χ2v) is 5.51. The predicted octanol–water partition coefficient (Wildman–Crippen LogP) is 2.15. The molecule has 0 spiro atoms. The summed E-state index contributed by atoms with van der Waals surface area (Å²) in [6, 6.07) is 3.36. The van der Waals surface area contributed by atoms with Gasteiger partial charge in [0.05, 0.1) is 5.56 Å². The number of carbonyl (C=O) groups is 1. The molecular formula is C12H11F3N2O2S. The van der Waals surface area contributed by atoms with Gasteiger partial charge in [-0.25, -0.2) is 0 Å². The van der Waals surface area contributed by atoms with Crippen LogP contribution in [0, 0.1) is 11.3 Å². The summed E-state index contributed by atoms with van der Waals surface area (Å²) in [5.74, 6) is -0.458. The number of rotatable bonds is 1. The predicted molar refractivity (Wildman–Crippen MR) is 65.2 cm³/mol. The maximum atomic E-state index is 12.7. The van der Waals surface area contributed by atoms with E-state index >= 15 is 0 Å². The second-order valence-electron chi connectivity index (χ2n) is 4.60. The topological polar surface area (TPSA) is 64.3 Å². The highest BCUT2D eigenvalue weighted by atomic mass is 32.1. The van der Waals surface area contributed by atoms with E-state index < -0.39 is 30.5 Å². The fraction of sp³-hybridized carbons (Fsp3) is 0.500. The van der Waals surface area contributed by atoms with Crippen molar-refractivity contribution in [1.29, 1.82) is 5.26 Å². The zero-order valence-corrected chi connectivity index (χ0v) is 11.1. The number of thiophene rings is 1. The number of likely N-dealkylation sites (tertiary alicyclic amines) is 1. The summed E-state index contributed by atoms with van der Waals surface area (Å²) in [6.45, 7) is -0.366. The van der Waals surface area contributed by atoms with Crippen LogP contribution in [0.25, 0.3) is 0 Å². The van der Waals surface area contributed by atoms with E-state index in [1.807, 2.05) is 6.07 Å². The van der Waals surface area contributed by atoms with Crippen molar-refractivity contribution in [3.05, 3.63) is 21.9 Å². The zero-order valence-electron chi connectivity index (χ0n) is 10.3. The Kier molecular flexibility index (Phi) is 3.75. The number of alkyl halides is 3. The van der Waals surface area contributed by atoms with Gasteiger partial charge in [0, 0.05) is 25.9 Å². The molecule has 2 rings (SSSR count). The van der Waals surface area contributed by atoms with Gasteiger partial charge in [0.2, 0.25) is 0 Å². The minimum atomic E-state index is -4.69. The van der Waals surface area contributed by atoms with Crippen molar-refractivity contribution in [2.75, 3.05) is 13.1 Å². The molecule has 1 aromatic rings. The normalized spacial score (nSPS) is 18.6. The first kappa shape index (κ1) is 14.8. The quantitative estimate of drug-likeness (QED) is 0.864. The van der Waals surface area contributed by atoms with Gasteiger partial charge >= 0.3 is 6.18 Å². The van der Waals surface area contributed by atoms with Crippen molar-refractivity contribution in [3.63, 3.8) is 0 Å². The number of carbonyl (C=O) groups excluding carboxylic acids is 1. The fourth-order valence-corrected chi connectivity index (χ4v) is 2.88. The van der Waals surface area contributed by atoms with E-state index in [-0.39, 0.29) is 23.5 Å². The molecule has 8 heteroatoms. The van der Waals surface area contributed by atoms with E-state index in [4.69, 9.17) is 5.26 Å². The summed E-state index contributed by atoms with van der Waals surface area (Å²) in [6.07, 6.45) is -5.78. The maximum absolute atomic E-state index is 12.7. The van der Waals surface area contributed by atoms with E-state index in [9.17, 15) is 23.1 Å². The minimum Gasteiger partial charge on any atom is -0.380 e. The molecular weight excluding hydrogens is 293 g/mol. The van der Waals surface area contributed by atoms with Crippen LogP contribution in [-0.2, 0) is 0 Å². The molecule has 1 aliphatic heterocycles. The molecule has 0 aromatic carbocycles. The first-order valence-electron chi connectivity index (χ1n) is 5.84. The lowest BCUT2D eigenvalue weighted by molar-refractivity contribution is -0.271.